The van der Waals surface area contributed by atoms with Crippen LogP contribution in [0.4, 0.5) is 4.79 Å². The second-order valence-corrected chi connectivity index (χ2v) is 14.5. The number of hydrogen-bond acceptors (Lipinski definition) is 18. The van der Waals surface area contributed by atoms with Gasteiger partial charge in [0.2, 0.25) is 5.91 Å². The Hall–Kier alpha value is -2.76. The van der Waals surface area contributed by atoms with E-state index in [1.165, 1.54) is 0 Å². The Kier molecular flexibility index (Phi) is 23.6. The standard InChI is InChI=1S/C30H56IN9O14/c1-30(2,3)54-29(47)36-21(27(46)34-5-9-49-12-13-50-10-6-35-31-38-32)16-20-17-40(39-37-20)7-11-51-15-14-48-8-4-33-23(42)19-52-28-26(45)25(44)24(43)22(18-41)53-28/h17,21-22,24-26,28,32,41,43-45H,4-16,18-19,35H2,1-3H3,(H,33,42)(H,34,46)(H,36,47)/t21-,22+,24+,25-,26+,28+/m0/s1. The Morgan fingerprint density at radius 1 is 0.981 bits per heavy atom. The Bertz CT molecular complexity index is 1230. The van der Waals surface area contributed by atoms with Gasteiger partial charge in [0.1, 0.15) is 36.6 Å². The van der Waals surface area contributed by atoms with Crippen LogP contribution in [0.3, 0.4) is 0 Å². The molecule has 0 radical (unpaired) electrons. The molecule has 0 saturated carbocycles. The number of amides is 3. The molecule has 0 unspecified atom stereocenters. The topological polar surface area (TPSA) is 316 Å². The molecule has 0 bridgehead atoms. The van der Waals surface area contributed by atoms with Crippen molar-refractivity contribution in [2.24, 2.45) is 3.33 Å². The first-order valence-corrected chi connectivity index (χ1v) is 19.5. The molecule has 23 nitrogen and oxygen atoms in total. The van der Waals surface area contributed by atoms with Gasteiger partial charge in [-0.15, -0.1) is 5.10 Å². The maximum atomic E-state index is 13.0. The molecule has 6 atom stereocenters. The van der Waals surface area contributed by atoms with Crippen LogP contribution in [0.25, 0.3) is 0 Å². The average Bonchev–Trinajstić information content (AvgIpc) is 3.57. The van der Waals surface area contributed by atoms with Gasteiger partial charge < -0.3 is 54.7 Å². The Balaban J connectivity index is 1.63. The second-order valence-electron chi connectivity index (χ2n) is 12.6. The number of carbonyl (C=O) groups is 3. The van der Waals surface area contributed by atoms with Gasteiger partial charge >= 0.3 is 111 Å². The zero-order chi connectivity index (χ0) is 39.8. The molecule has 24 heteroatoms. The number of rotatable bonds is 28. The summed E-state index contributed by atoms with van der Waals surface area (Å²) in [5, 5.41) is 54.8. The van der Waals surface area contributed by atoms with Crippen molar-refractivity contribution in [3.8, 4) is 0 Å². The fraction of sp³-hybridized carbons (Fsp3) is 0.833. The average molecular weight is 894 g/mol. The predicted octanol–water partition coefficient (Wildman–Crippen LogP) is -7.66. The van der Waals surface area contributed by atoms with Crippen LogP contribution >= 0.6 is 0 Å². The van der Waals surface area contributed by atoms with E-state index in [1.54, 1.807) is 31.6 Å². The zero-order valence-electron chi connectivity index (χ0n) is 30.8. The van der Waals surface area contributed by atoms with Gasteiger partial charge in [-0.3, -0.25) is 4.79 Å². The molecule has 0 aromatic carbocycles. The van der Waals surface area contributed by atoms with E-state index in [9.17, 15) is 34.8 Å². The third-order valence-corrected chi connectivity index (χ3v) is 8.34. The monoisotopic (exact) mass is 893 g/mol. The van der Waals surface area contributed by atoms with E-state index >= 15 is 0 Å². The number of aliphatic hydroxyl groups is 4. The van der Waals surface area contributed by atoms with Gasteiger partial charge in [-0.2, -0.15) is 0 Å². The molecule has 1 aliphatic rings. The zero-order valence-corrected chi connectivity index (χ0v) is 32.9. The molecular weight excluding hydrogens is 837 g/mol. The molecule has 312 valence electrons. The Labute approximate surface area is 323 Å². The Morgan fingerprint density at radius 3 is 2.28 bits per heavy atom. The number of halogens is 1. The molecule has 1 aromatic rings. The quantitative estimate of drug-likeness (QED) is 0.0163. The third-order valence-electron chi connectivity index (χ3n) is 7.05. The molecule has 3 amide bonds. The molecule has 1 aliphatic heterocycles. The number of nitrogens with two attached hydrogens (primary N) is 1. The molecule has 1 fully saturated rings. The van der Waals surface area contributed by atoms with E-state index in [-0.39, 0.29) is 52.5 Å². The van der Waals surface area contributed by atoms with Crippen molar-refractivity contribution in [2.45, 2.75) is 76.1 Å². The minimum atomic E-state index is -1.60. The van der Waals surface area contributed by atoms with Crippen LogP contribution < -0.4 is 41.2 Å². The van der Waals surface area contributed by atoms with E-state index in [0.717, 1.165) is 6.54 Å². The summed E-state index contributed by atoms with van der Waals surface area (Å²) in [5.41, 5.74) is 6.47. The van der Waals surface area contributed by atoms with E-state index in [1.807, 2.05) is 3.53 Å². The number of hydrogen-bond donors (Lipinski definition) is 9. The summed E-state index contributed by atoms with van der Waals surface area (Å²) in [6.45, 7) is 8.01. The minimum absolute atomic E-state index is 0.0532. The van der Waals surface area contributed by atoms with Crippen LogP contribution in [0.1, 0.15) is 26.5 Å². The van der Waals surface area contributed by atoms with Crippen LogP contribution in [0.2, 0.25) is 0 Å². The van der Waals surface area contributed by atoms with E-state index in [2.05, 4.69) is 29.6 Å². The van der Waals surface area contributed by atoms with Gasteiger partial charge in [0.05, 0.1) is 45.3 Å². The van der Waals surface area contributed by atoms with E-state index in [0.29, 0.717) is 32.1 Å². The number of nitrogens with one attached hydrogen (secondary N) is 4. The van der Waals surface area contributed by atoms with E-state index < -0.39 is 95.2 Å². The summed E-state index contributed by atoms with van der Waals surface area (Å²) < 4.78 is 44.5. The van der Waals surface area contributed by atoms with Gasteiger partial charge in [0.15, 0.2) is 6.29 Å². The number of alkyl carbamates (subject to hydrolysis) is 1. The van der Waals surface area contributed by atoms with Crippen molar-refractivity contribution in [3.63, 3.8) is 0 Å². The van der Waals surface area contributed by atoms with Crippen molar-refractivity contribution in [2.75, 3.05) is 85.7 Å². The maximum absolute atomic E-state index is 13.0. The number of ether oxygens (including phenoxy) is 7. The van der Waals surface area contributed by atoms with Crippen molar-refractivity contribution in [1.29, 1.82) is 5.53 Å². The Morgan fingerprint density at radius 2 is 1.63 bits per heavy atom. The van der Waals surface area contributed by atoms with Gasteiger partial charge in [-0.25, -0.2) is 9.48 Å². The van der Waals surface area contributed by atoms with Crippen LogP contribution in [-0.2, 0) is 55.7 Å². The summed E-state index contributed by atoms with van der Waals surface area (Å²) in [6, 6.07) is -0.990. The first-order valence-electron chi connectivity index (χ1n) is 17.3. The first-order chi connectivity index (χ1) is 25.8. The first kappa shape index (κ1) is 47.4. The van der Waals surface area contributed by atoms with Gasteiger partial charge in [-0.1, -0.05) is 5.21 Å². The van der Waals surface area contributed by atoms with E-state index in [4.69, 9.17) is 38.7 Å². The molecule has 0 spiro atoms. The fourth-order valence-electron chi connectivity index (χ4n) is 4.47. The summed E-state index contributed by atoms with van der Waals surface area (Å²) >= 11 is -0.525. The van der Waals surface area contributed by atoms with Crippen molar-refractivity contribution >= 4 is 17.9 Å². The van der Waals surface area contributed by atoms with Gasteiger partial charge in [-0.05, 0) is 20.8 Å². The molecule has 2 rings (SSSR count). The van der Waals surface area contributed by atoms with Crippen LogP contribution in [0.15, 0.2) is 9.52 Å². The van der Waals surface area contributed by atoms with Crippen molar-refractivity contribution in [1.82, 2.24) is 30.9 Å². The van der Waals surface area contributed by atoms with Crippen LogP contribution in [0.5, 0.6) is 0 Å². The summed E-state index contributed by atoms with van der Waals surface area (Å²) in [6.07, 6.45) is -6.32. The number of aromatic nitrogens is 3. The SMILES string of the molecule is CC(C)(C)OC(=O)N[C@@H](Cc1cn(CCOCCOCCNC(=O)CO[C@@H]2O[C@H](CO)[C@@H](O)[C@H](O)[C@H]2O)nn1)C(=O)NCCOCCOCC[NH2+][I-]N=N. The van der Waals surface area contributed by atoms with Crippen molar-refractivity contribution < 1.29 is 93.3 Å². The molecule has 1 aromatic heterocycles. The normalized spacial score (nSPS) is 20.7. The van der Waals surface area contributed by atoms with Crippen LogP contribution in [0, 0.1) is 5.53 Å². The molecule has 2 heterocycles. The predicted molar refractivity (Wildman–Crippen MR) is 178 cm³/mol. The van der Waals surface area contributed by atoms with Gasteiger partial charge in [0.25, 0.3) is 0 Å². The fourth-order valence-corrected chi connectivity index (χ4v) is 5.20. The number of nitrogens with zero attached hydrogens (tertiary/aromatic N) is 4. The second kappa shape index (κ2) is 26.9. The molecular formula is C30H56IN9O14. The summed E-state index contributed by atoms with van der Waals surface area (Å²) in [4.78, 5) is 37.5. The molecule has 1 saturated heterocycles. The molecule has 10 N–H and O–H groups in total. The van der Waals surface area contributed by atoms with Gasteiger partial charge in [0, 0.05) is 19.2 Å². The van der Waals surface area contributed by atoms with Crippen molar-refractivity contribution in [3.05, 3.63) is 11.9 Å². The summed E-state index contributed by atoms with van der Waals surface area (Å²) in [7, 11) is 0. The molecule has 0 aliphatic carbocycles. The number of quaternary nitrogens is 1. The number of carbonyl (C=O) groups excluding carboxylic acids is 3. The number of aliphatic hydroxyl groups excluding tert-OH is 4. The molecule has 54 heavy (non-hydrogen) atoms. The summed E-state index contributed by atoms with van der Waals surface area (Å²) in [5.74, 6) is -0.978. The third kappa shape index (κ3) is 20.2. The van der Waals surface area contributed by atoms with Crippen LogP contribution in [-0.4, -0.2) is 181 Å².